The van der Waals surface area contributed by atoms with Gasteiger partial charge in [-0.15, -0.1) is 0 Å². The molecule has 0 spiro atoms. The first-order valence-corrected chi connectivity index (χ1v) is 6.25. The zero-order valence-electron chi connectivity index (χ0n) is 10.1. The molecule has 2 N–H and O–H groups in total. The van der Waals surface area contributed by atoms with E-state index < -0.39 is 11.2 Å². The van der Waals surface area contributed by atoms with Gasteiger partial charge in [0.15, 0.2) is 0 Å². The lowest BCUT2D eigenvalue weighted by Crippen LogP contribution is -2.43. The van der Waals surface area contributed by atoms with E-state index in [1.165, 1.54) is 18.7 Å². The van der Waals surface area contributed by atoms with Crippen LogP contribution in [-0.4, -0.2) is 21.5 Å². The zero-order valence-corrected chi connectivity index (χ0v) is 10.1. The normalized spacial score (nSPS) is 16.4. The second kappa shape index (κ2) is 5.66. The summed E-state index contributed by atoms with van der Waals surface area (Å²) < 4.78 is 0.901. The summed E-state index contributed by atoms with van der Waals surface area (Å²) in [4.78, 5) is 37.0. The molecule has 2 rings (SSSR count). The van der Waals surface area contributed by atoms with Crippen molar-refractivity contribution >= 4 is 5.91 Å². The van der Waals surface area contributed by atoms with Gasteiger partial charge in [0, 0.05) is 18.3 Å². The highest BCUT2D eigenvalue weighted by molar-refractivity contribution is 5.76. The number of aromatic nitrogens is 2. The molecular formula is C12H17N3O3. The molecule has 1 aliphatic carbocycles. The number of amides is 1. The lowest BCUT2D eigenvalue weighted by molar-refractivity contribution is -0.122. The first kappa shape index (κ1) is 12.6. The van der Waals surface area contributed by atoms with E-state index in [1.54, 1.807) is 0 Å². The summed E-state index contributed by atoms with van der Waals surface area (Å²) in [6.45, 7) is -0.217. The molecule has 0 atom stereocenters. The van der Waals surface area contributed by atoms with Gasteiger partial charge in [0.05, 0.1) is 0 Å². The number of aromatic amines is 1. The minimum Gasteiger partial charge on any atom is -0.352 e. The SMILES string of the molecule is O=C(Cn1c(=O)cc[nH]c1=O)NC1CCCCC1. The van der Waals surface area contributed by atoms with Crippen molar-refractivity contribution in [1.29, 1.82) is 0 Å². The minimum absolute atomic E-state index is 0.185. The minimum atomic E-state index is -0.554. The average molecular weight is 251 g/mol. The number of carbonyl (C=O) groups excluding carboxylic acids is 1. The fourth-order valence-corrected chi connectivity index (χ4v) is 2.27. The molecule has 18 heavy (non-hydrogen) atoms. The van der Waals surface area contributed by atoms with E-state index in [4.69, 9.17) is 0 Å². The number of rotatable bonds is 3. The first-order chi connectivity index (χ1) is 8.66. The van der Waals surface area contributed by atoms with Crippen LogP contribution in [0.25, 0.3) is 0 Å². The van der Waals surface area contributed by atoms with Gasteiger partial charge in [0.2, 0.25) is 5.91 Å². The van der Waals surface area contributed by atoms with Crippen LogP contribution in [0.2, 0.25) is 0 Å². The Morgan fingerprint density at radius 2 is 2.06 bits per heavy atom. The topological polar surface area (TPSA) is 84.0 Å². The van der Waals surface area contributed by atoms with Crippen LogP contribution in [0.15, 0.2) is 21.9 Å². The fraction of sp³-hybridized carbons (Fsp3) is 0.583. The van der Waals surface area contributed by atoms with Gasteiger partial charge in [0.1, 0.15) is 6.54 Å². The lowest BCUT2D eigenvalue weighted by Gasteiger charge is -2.22. The Bertz CT molecular complexity index is 498. The summed E-state index contributed by atoms with van der Waals surface area (Å²) in [6.07, 6.45) is 6.69. The maximum Gasteiger partial charge on any atom is 0.328 e. The third-order valence-electron chi connectivity index (χ3n) is 3.22. The Hall–Kier alpha value is -1.85. The maximum absolute atomic E-state index is 11.8. The molecule has 0 aliphatic heterocycles. The molecule has 0 aromatic carbocycles. The van der Waals surface area contributed by atoms with Crippen molar-refractivity contribution in [3.8, 4) is 0 Å². The van der Waals surface area contributed by atoms with Crippen molar-refractivity contribution in [3.05, 3.63) is 33.1 Å². The van der Waals surface area contributed by atoms with E-state index in [1.807, 2.05) is 0 Å². The molecule has 98 valence electrons. The van der Waals surface area contributed by atoms with Crippen LogP contribution in [0.5, 0.6) is 0 Å². The third-order valence-corrected chi connectivity index (χ3v) is 3.22. The number of hydrogen-bond donors (Lipinski definition) is 2. The number of nitrogens with zero attached hydrogens (tertiary/aromatic N) is 1. The maximum atomic E-state index is 11.8. The molecule has 1 amide bonds. The first-order valence-electron chi connectivity index (χ1n) is 6.25. The summed E-state index contributed by atoms with van der Waals surface area (Å²) in [5, 5.41) is 2.87. The van der Waals surface area contributed by atoms with Crippen LogP contribution in [0.3, 0.4) is 0 Å². The monoisotopic (exact) mass is 251 g/mol. The highest BCUT2D eigenvalue weighted by Gasteiger charge is 2.16. The Balaban J connectivity index is 1.98. The predicted molar refractivity (Wildman–Crippen MR) is 66.3 cm³/mol. The molecule has 1 saturated carbocycles. The zero-order chi connectivity index (χ0) is 13.0. The Kier molecular flexibility index (Phi) is 3.96. The van der Waals surface area contributed by atoms with E-state index in [9.17, 15) is 14.4 Å². The highest BCUT2D eigenvalue weighted by Crippen LogP contribution is 2.17. The molecule has 6 nitrogen and oxygen atoms in total. The molecule has 0 bridgehead atoms. The Labute approximate surface area is 104 Å². The van der Waals surface area contributed by atoms with Crippen LogP contribution in [-0.2, 0) is 11.3 Å². The van der Waals surface area contributed by atoms with Crippen molar-refractivity contribution < 1.29 is 4.79 Å². The summed E-state index contributed by atoms with van der Waals surface area (Å²) in [5.74, 6) is -0.277. The lowest BCUT2D eigenvalue weighted by atomic mass is 9.95. The van der Waals surface area contributed by atoms with Crippen LogP contribution in [0, 0.1) is 0 Å². The van der Waals surface area contributed by atoms with Gasteiger partial charge in [-0.3, -0.25) is 14.2 Å². The summed E-state index contributed by atoms with van der Waals surface area (Å²) >= 11 is 0. The average Bonchev–Trinajstić information content (AvgIpc) is 2.35. The molecule has 0 saturated heterocycles. The molecule has 0 radical (unpaired) electrons. The molecule has 1 aromatic heterocycles. The number of H-pyrrole nitrogens is 1. The fourth-order valence-electron chi connectivity index (χ4n) is 2.27. The van der Waals surface area contributed by atoms with E-state index >= 15 is 0 Å². The van der Waals surface area contributed by atoms with Crippen LogP contribution >= 0.6 is 0 Å². The van der Waals surface area contributed by atoms with Gasteiger partial charge in [-0.1, -0.05) is 19.3 Å². The van der Waals surface area contributed by atoms with Crippen molar-refractivity contribution in [1.82, 2.24) is 14.9 Å². The van der Waals surface area contributed by atoms with Gasteiger partial charge in [-0.25, -0.2) is 4.79 Å². The Morgan fingerprint density at radius 3 is 2.72 bits per heavy atom. The molecule has 6 heteroatoms. The smallest absolute Gasteiger partial charge is 0.328 e. The second-order valence-corrected chi connectivity index (χ2v) is 4.61. The van der Waals surface area contributed by atoms with Crippen molar-refractivity contribution in [3.63, 3.8) is 0 Å². The van der Waals surface area contributed by atoms with Crippen molar-refractivity contribution in [2.24, 2.45) is 0 Å². The number of carbonyl (C=O) groups is 1. The van der Waals surface area contributed by atoms with E-state index in [-0.39, 0.29) is 18.5 Å². The van der Waals surface area contributed by atoms with Crippen LogP contribution in [0.1, 0.15) is 32.1 Å². The number of nitrogens with one attached hydrogen (secondary N) is 2. The molecule has 1 heterocycles. The molecule has 1 fully saturated rings. The van der Waals surface area contributed by atoms with Gasteiger partial charge < -0.3 is 10.3 Å². The van der Waals surface area contributed by atoms with Crippen LogP contribution in [0.4, 0.5) is 0 Å². The predicted octanol–water partition coefficient (Wildman–Crippen LogP) is -0.0145. The van der Waals surface area contributed by atoms with E-state index in [0.29, 0.717) is 0 Å². The van der Waals surface area contributed by atoms with Gasteiger partial charge >= 0.3 is 5.69 Å². The van der Waals surface area contributed by atoms with Crippen molar-refractivity contribution in [2.75, 3.05) is 0 Å². The molecule has 0 unspecified atom stereocenters. The highest BCUT2D eigenvalue weighted by atomic mass is 16.2. The van der Waals surface area contributed by atoms with Gasteiger partial charge in [-0.2, -0.15) is 0 Å². The van der Waals surface area contributed by atoms with E-state index in [0.717, 1.165) is 30.3 Å². The van der Waals surface area contributed by atoms with Gasteiger partial charge in [0.25, 0.3) is 5.56 Å². The summed E-state index contributed by atoms with van der Waals surface area (Å²) in [7, 11) is 0. The standard InChI is InChI=1S/C12H17N3O3/c16-10(14-9-4-2-1-3-5-9)8-15-11(17)6-7-13-12(15)18/h6-7,9H,1-5,8H2,(H,13,18)(H,14,16). The summed E-state index contributed by atoms with van der Waals surface area (Å²) in [5.41, 5.74) is -1.01. The Morgan fingerprint density at radius 1 is 1.33 bits per heavy atom. The quantitative estimate of drug-likeness (QED) is 0.792. The van der Waals surface area contributed by atoms with Crippen LogP contribution < -0.4 is 16.6 Å². The van der Waals surface area contributed by atoms with Gasteiger partial charge in [-0.05, 0) is 12.8 Å². The summed E-state index contributed by atoms with van der Waals surface area (Å²) in [6, 6.07) is 1.42. The largest absolute Gasteiger partial charge is 0.352 e. The third kappa shape index (κ3) is 3.09. The molecule has 1 aliphatic rings. The van der Waals surface area contributed by atoms with E-state index in [2.05, 4.69) is 10.3 Å². The molecule has 1 aromatic rings. The molecular weight excluding hydrogens is 234 g/mol. The van der Waals surface area contributed by atoms with Crippen molar-refractivity contribution in [2.45, 2.75) is 44.7 Å². The second-order valence-electron chi connectivity index (χ2n) is 4.61. The number of hydrogen-bond acceptors (Lipinski definition) is 3.